The number of methoxy groups -OCH3 is 1. The predicted octanol–water partition coefficient (Wildman–Crippen LogP) is 4.72. The molecule has 1 heterocycles. The Hall–Kier alpha value is -3.32. The van der Waals surface area contributed by atoms with E-state index in [4.69, 9.17) is 11.6 Å². The van der Waals surface area contributed by atoms with Crippen LogP contribution in [0.25, 0.3) is 11.1 Å². The number of carbonyl (C=O) groups is 2. The number of pyridine rings is 1. The molecule has 8 heteroatoms. The average Bonchev–Trinajstić information content (AvgIpc) is 2.68. The Morgan fingerprint density at radius 3 is 2.39 bits per heavy atom. The highest BCUT2D eigenvalue weighted by Crippen LogP contribution is 2.29. The zero-order valence-corrected chi connectivity index (χ0v) is 15.3. The number of amides is 1. The van der Waals surface area contributed by atoms with E-state index in [9.17, 15) is 18.4 Å². The molecule has 0 aliphatic rings. The summed E-state index contributed by atoms with van der Waals surface area (Å²) in [6.07, 6.45) is 1.41. The molecule has 5 nitrogen and oxygen atoms in total. The summed E-state index contributed by atoms with van der Waals surface area (Å²) in [5.74, 6) is -3.32. The molecule has 142 valence electrons. The number of esters is 1. The van der Waals surface area contributed by atoms with Crippen LogP contribution < -0.4 is 5.32 Å². The maximum atomic E-state index is 13.7. The van der Waals surface area contributed by atoms with Crippen molar-refractivity contribution >= 4 is 29.3 Å². The van der Waals surface area contributed by atoms with Gasteiger partial charge in [0.1, 0.15) is 23.0 Å². The van der Waals surface area contributed by atoms with E-state index in [0.29, 0.717) is 21.7 Å². The third kappa shape index (κ3) is 3.99. The SMILES string of the molecule is COC(=O)c1ccc(Cl)c(-c2ccc(NC(=O)c3c(F)cccc3F)nc2)c1. The molecular formula is C20H13ClF2N2O3. The second kappa shape index (κ2) is 8.14. The van der Waals surface area contributed by atoms with Crippen LogP contribution >= 0.6 is 11.6 Å². The van der Waals surface area contributed by atoms with Crippen molar-refractivity contribution < 1.29 is 23.1 Å². The van der Waals surface area contributed by atoms with Gasteiger partial charge >= 0.3 is 5.97 Å². The molecule has 0 saturated heterocycles. The normalized spacial score (nSPS) is 10.4. The van der Waals surface area contributed by atoms with E-state index in [1.807, 2.05) is 0 Å². The van der Waals surface area contributed by atoms with E-state index in [1.54, 1.807) is 18.2 Å². The summed E-state index contributed by atoms with van der Waals surface area (Å²) in [4.78, 5) is 27.9. The van der Waals surface area contributed by atoms with Gasteiger partial charge in [-0.05, 0) is 42.5 Å². The van der Waals surface area contributed by atoms with Crippen LogP contribution in [0.3, 0.4) is 0 Å². The molecule has 0 radical (unpaired) electrons. The summed E-state index contributed by atoms with van der Waals surface area (Å²) >= 11 is 6.18. The Bertz CT molecular complexity index is 1040. The summed E-state index contributed by atoms with van der Waals surface area (Å²) in [5, 5.41) is 2.72. The van der Waals surface area contributed by atoms with Gasteiger partial charge < -0.3 is 10.1 Å². The van der Waals surface area contributed by atoms with Crippen LogP contribution in [0.15, 0.2) is 54.7 Å². The molecule has 0 atom stereocenters. The Kier molecular flexibility index (Phi) is 5.65. The van der Waals surface area contributed by atoms with Crippen molar-refractivity contribution in [3.05, 3.63) is 82.5 Å². The van der Waals surface area contributed by atoms with Crippen LogP contribution in [0, 0.1) is 11.6 Å². The number of rotatable bonds is 4. The molecule has 1 amide bonds. The van der Waals surface area contributed by atoms with E-state index < -0.39 is 29.1 Å². The van der Waals surface area contributed by atoms with Gasteiger partial charge in [0.2, 0.25) is 0 Å². The van der Waals surface area contributed by atoms with Crippen LogP contribution in [-0.2, 0) is 4.74 Å². The fourth-order valence-electron chi connectivity index (χ4n) is 2.51. The lowest BCUT2D eigenvalue weighted by molar-refractivity contribution is 0.0600. The largest absolute Gasteiger partial charge is 0.465 e. The van der Waals surface area contributed by atoms with Gasteiger partial charge in [0.25, 0.3) is 5.91 Å². The first-order chi connectivity index (χ1) is 13.4. The minimum atomic E-state index is -0.972. The van der Waals surface area contributed by atoms with Gasteiger partial charge in [-0.15, -0.1) is 0 Å². The van der Waals surface area contributed by atoms with E-state index in [2.05, 4.69) is 15.0 Å². The van der Waals surface area contributed by atoms with Gasteiger partial charge in [0, 0.05) is 22.3 Å². The molecule has 0 unspecified atom stereocenters. The third-order valence-electron chi connectivity index (χ3n) is 3.89. The number of nitrogens with zero attached hydrogens (tertiary/aromatic N) is 1. The maximum Gasteiger partial charge on any atom is 0.337 e. The van der Waals surface area contributed by atoms with Crippen LogP contribution in [-0.4, -0.2) is 24.0 Å². The minimum Gasteiger partial charge on any atom is -0.465 e. The standard InChI is InChI=1S/C20H13ClF2N2O3/c1-28-20(27)11-5-7-14(21)13(9-11)12-6-8-17(24-10-12)25-19(26)18-15(22)3-2-4-16(18)23/h2-10H,1H3,(H,24,25,26). The zero-order valence-electron chi connectivity index (χ0n) is 14.5. The highest BCUT2D eigenvalue weighted by molar-refractivity contribution is 6.33. The van der Waals surface area contributed by atoms with Gasteiger partial charge in [0.05, 0.1) is 12.7 Å². The molecule has 1 N–H and O–H groups in total. The molecule has 0 aliphatic carbocycles. The Morgan fingerprint density at radius 1 is 1.07 bits per heavy atom. The number of aromatic nitrogens is 1. The van der Waals surface area contributed by atoms with Crippen molar-refractivity contribution in [2.24, 2.45) is 0 Å². The van der Waals surface area contributed by atoms with Crippen molar-refractivity contribution in [2.75, 3.05) is 12.4 Å². The van der Waals surface area contributed by atoms with Crippen molar-refractivity contribution in [2.45, 2.75) is 0 Å². The second-order valence-corrected chi connectivity index (χ2v) is 6.08. The third-order valence-corrected chi connectivity index (χ3v) is 4.22. The predicted molar refractivity (Wildman–Crippen MR) is 100 cm³/mol. The van der Waals surface area contributed by atoms with E-state index in [0.717, 1.165) is 12.1 Å². The number of carbonyl (C=O) groups excluding carboxylic acids is 2. The highest BCUT2D eigenvalue weighted by atomic mass is 35.5. The van der Waals surface area contributed by atoms with Gasteiger partial charge in [-0.2, -0.15) is 0 Å². The zero-order chi connectivity index (χ0) is 20.3. The number of hydrogen-bond donors (Lipinski definition) is 1. The van der Waals surface area contributed by atoms with Crippen molar-refractivity contribution in [1.29, 1.82) is 0 Å². The van der Waals surface area contributed by atoms with E-state index in [1.165, 1.54) is 31.5 Å². The lowest BCUT2D eigenvalue weighted by atomic mass is 10.0. The number of nitrogens with one attached hydrogen (secondary N) is 1. The molecule has 0 saturated carbocycles. The first-order valence-electron chi connectivity index (χ1n) is 8.00. The van der Waals surface area contributed by atoms with Crippen LogP contribution in [0.4, 0.5) is 14.6 Å². The van der Waals surface area contributed by atoms with E-state index >= 15 is 0 Å². The molecule has 28 heavy (non-hydrogen) atoms. The first-order valence-corrected chi connectivity index (χ1v) is 8.38. The number of ether oxygens (including phenoxy) is 1. The number of hydrogen-bond acceptors (Lipinski definition) is 4. The van der Waals surface area contributed by atoms with E-state index in [-0.39, 0.29) is 5.82 Å². The molecule has 0 fully saturated rings. The lowest BCUT2D eigenvalue weighted by Gasteiger charge is -2.09. The van der Waals surface area contributed by atoms with Crippen molar-refractivity contribution in [3.8, 4) is 11.1 Å². The molecule has 2 aromatic carbocycles. The van der Waals surface area contributed by atoms with Crippen LogP contribution in [0.1, 0.15) is 20.7 Å². The lowest BCUT2D eigenvalue weighted by Crippen LogP contribution is -2.16. The quantitative estimate of drug-likeness (QED) is 0.641. The minimum absolute atomic E-state index is 0.0941. The molecule has 3 rings (SSSR count). The summed E-state index contributed by atoms with van der Waals surface area (Å²) in [6, 6.07) is 10.8. The molecular weight excluding hydrogens is 390 g/mol. The molecule has 0 bridgehead atoms. The first kappa shape index (κ1) is 19.4. The summed E-state index contributed by atoms with van der Waals surface area (Å²) < 4.78 is 32.1. The molecule has 0 aliphatic heterocycles. The Morgan fingerprint density at radius 2 is 1.79 bits per heavy atom. The van der Waals surface area contributed by atoms with Gasteiger partial charge in [-0.3, -0.25) is 4.79 Å². The smallest absolute Gasteiger partial charge is 0.337 e. The van der Waals surface area contributed by atoms with Gasteiger partial charge in [-0.25, -0.2) is 18.6 Å². The second-order valence-electron chi connectivity index (χ2n) is 5.67. The maximum absolute atomic E-state index is 13.7. The summed E-state index contributed by atoms with van der Waals surface area (Å²) in [6.45, 7) is 0. The average molecular weight is 403 g/mol. The fourth-order valence-corrected chi connectivity index (χ4v) is 2.74. The van der Waals surface area contributed by atoms with Crippen LogP contribution in [0.2, 0.25) is 5.02 Å². The summed E-state index contributed by atoms with van der Waals surface area (Å²) in [5.41, 5.74) is 0.734. The molecule has 1 aromatic heterocycles. The van der Waals surface area contributed by atoms with Crippen molar-refractivity contribution in [3.63, 3.8) is 0 Å². The highest BCUT2D eigenvalue weighted by Gasteiger charge is 2.17. The van der Waals surface area contributed by atoms with Gasteiger partial charge in [-0.1, -0.05) is 17.7 Å². The van der Waals surface area contributed by atoms with Gasteiger partial charge in [0.15, 0.2) is 0 Å². The van der Waals surface area contributed by atoms with Crippen LogP contribution in [0.5, 0.6) is 0 Å². The number of benzene rings is 2. The number of halogens is 3. The molecule has 3 aromatic rings. The topological polar surface area (TPSA) is 68.3 Å². The fraction of sp³-hybridized carbons (Fsp3) is 0.0500. The Labute approximate surface area is 163 Å². The monoisotopic (exact) mass is 402 g/mol. The van der Waals surface area contributed by atoms with Crippen molar-refractivity contribution in [1.82, 2.24) is 4.98 Å². The number of anilines is 1. The molecule has 0 spiro atoms. The Balaban J connectivity index is 1.85. The summed E-state index contributed by atoms with van der Waals surface area (Å²) in [7, 11) is 1.27.